The summed E-state index contributed by atoms with van der Waals surface area (Å²) in [6.45, 7) is 13.8. The number of aliphatic imine (C=N–C) groups is 1. The Morgan fingerprint density at radius 1 is 1.07 bits per heavy atom. The molecule has 0 aliphatic carbocycles. The first-order valence-electron chi connectivity index (χ1n) is 10.0. The van der Waals surface area contributed by atoms with Crippen LogP contribution in [0.15, 0.2) is 11.1 Å². The second-order valence-corrected chi connectivity index (χ2v) is 7.70. The molecule has 0 bridgehead atoms. The zero-order valence-corrected chi connectivity index (χ0v) is 18.4. The number of nitrogens with zero attached hydrogens (tertiary/aromatic N) is 4. The van der Waals surface area contributed by atoms with E-state index in [9.17, 15) is 0 Å². The number of halogens is 2. The van der Waals surface area contributed by atoms with Crippen molar-refractivity contribution < 1.29 is 0 Å². The van der Waals surface area contributed by atoms with Crippen LogP contribution >= 0.6 is 23.2 Å². The highest BCUT2D eigenvalue weighted by Crippen LogP contribution is 2.25. The van der Waals surface area contributed by atoms with E-state index in [0.717, 1.165) is 31.2 Å². The third kappa shape index (κ3) is 7.18. The van der Waals surface area contributed by atoms with Crippen molar-refractivity contribution in [1.29, 1.82) is 0 Å². The third-order valence-electron chi connectivity index (χ3n) is 5.06. The second-order valence-electron chi connectivity index (χ2n) is 6.94. The molecule has 1 aromatic heterocycles. The lowest BCUT2D eigenvalue weighted by Crippen LogP contribution is -2.46. The lowest BCUT2D eigenvalue weighted by atomic mass is 10.2. The van der Waals surface area contributed by atoms with Gasteiger partial charge in [-0.15, -0.1) is 0 Å². The van der Waals surface area contributed by atoms with Crippen LogP contribution < -0.4 is 10.6 Å². The van der Waals surface area contributed by atoms with E-state index >= 15 is 0 Å². The van der Waals surface area contributed by atoms with Gasteiger partial charge in [0.05, 0.1) is 11.6 Å². The van der Waals surface area contributed by atoms with Crippen LogP contribution in [0.3, 0.4) is 0 Å². The van der Waals surface area contributed by atoms with Gasteiger partial charge >= 0.3 is 0 Å². The van der Waals surface area contributed by atoms with E-state index in [1.54, 1.807) is 0 Å². The van der Waals surface area contributed by atoms with E-state index in [2.05, 4.69) is 39.3 Å². The SMILES string of the molecule is CCNC(=NCc1cc(Cl)c(Cl)n1C)NCCCCN1CCN(CC)CC1. The standard InChI is InChI=1S/C19H34Cl2N6/c1-4-22-19(24-15-16-14-17(20)18(21)25(16)3)23-8-6-7-9-27-12-10-26(5-2)11-13-27/h14H,4-13,15H2,1-3H3,(H2,22,23,24). The molecule has 0 unspecified atom stereocenters. The van der Waals surface area contributed by atoms with Gasteiger partial charge in [-0.25, -0.2) is 4.99 Å². The topological polar surface area (TPSA) is 47.8 Å². The number of nitrogens with one attached hydrogen (secondary N) is 2. The molecule has 0 atom stereocenters. The molecule has 0 saturated carbocycles. The third-order valence-corrected chi connectivity index (χ3v) is 5.91. The number of guanidine groups is 1. The van der Waals surface area contributed by atoms with E-state index in [0.29, 0.717) is 16.7 Å². The van der Waals surface area contributed by atoms with E-state index in [4.69, 9.17) is 23.2 Å². The van der Waals surface area contributed by atoms with Gasteiger partial charge in [0.25, 0.3) is 0 Å². The van der Waals surface area contributed by atoms with Crippen LogP contribution in [0, 0.1) is 0 Å². The Kier molecular flexibility index (Phi) is 9.76. The highest BCUT2D eigenvalue weighted by molar-refractivity contribution is 6.41. The molecule has 1 aliphatic rings. The van der Waals surface area contributed by atoms with Crippen LogP contribution in [-0.4, -0.2) is 72.7 Å². The maximum atomic E-state index is 6.12. The van der Waals surface area contributed by atoms with Gasteiger partial charge in [0.15, 0.2) is 5.96 Å². The smallest absolute Gasteiger partial charge is 0.191 e. The average molecular weight is 417 g/mol. The van der Waals surface area contributed by atoms with Gasteiger partial charge in [0.2, 0.25) is 0 Å². The fourth-order valence-electron chi connectivity index (χ4n) is 3.24. The largest absolute Gasteiger partial charge is 0.357 e. The molecule has 2 N–H and O–H groups in total. The molecule has 6 nitrogen and oxygen atoms in total. The van der Waals surface area contributed by atoms with Gasteiger partial charge in [-0.1, -0.05) is 30.1 Å². The number of hydrogen-bond acceptors (Lipinski definition) is 3. The number of aromatic nitrogens is 1. The zero-order valence-electron chi connectivity index (χ0n) is 16.9. The van der Waals surface area contributed by atoms with E-state index in [1.165, 1.54) is 45.7 Å². The van der Waals surface area contributed by atoms with Crippen molar-refractivity contribution >= 4 is 29.2 Å². The Balaban J connectivity index is 1.69. The second kappa shape index (κ2) is 11.8. The molecule has 1 aliphatic heterocycles. The molecular formula is C19H34Cl2N6. The van der Waals surface area contributed by atoms with Gasteiger partial charge < -0.3 is 25.0 Å². The quantitative estimate of drug-likeness (QED) is 0.369. The summed E-state index contributed by atoms with van der Waals surface area (Å²) in [5.41, 5.74) is 0.994. The molecule has 8 heteroatoms. The Bertz CT molecular complexity index is 593. The number of rotatable bonds is 9. The van der Waals surface area contributed by atoms with Crippen LogP contribution in [0.1, 0.15) is 32.4 Å². The summed E-state index contributed by atoms with van der Waals surface area (Å²) in [5.74, 6) is 0.836. The maximum Gasteiger partial charge on any atom is 0.191 e. The highest BCUT2D eigenvalue weighted by atomic mass is 35.5. The molecule has 1 fully saturated rings. The van der Waals surface area contributed by atoms with E-state index < -0.39 is 0 Å². The van der Waals surface area contributed by atoms with Crippen LogP contribution in [0.5, 0.6) is 0 Å². The molecule has 2 heterocycles. The molecule has 0 radical (unpaired) electrons. The summed E-state index contributed by atoms with van der Waals surface area (Å²) < 4.78 is 1.87. The predicted molar refractivity (Wildman–Crippen MR) is 116 cm³/mol. The maximum absolute atomic E-state index is 6.12. The molecule has 0 amide bonds. The summed E-state index contributed by atoms with van der Waals surface area (Å²) >= 11 is 12.2. The average Bonchev–Trinajstić information content (AvgIpc) is 2.93. The number of unbranched alkanes of at least 4 members (excludes halogenated alkanes) is 1. The van der Waals surface area contributed by atoms with Crippen molar-refractivity contribution in [1.82, 2.24) is 25.0 Å². The predicted octanol–water partition coefficient (Wildman–Crippen LogP) is 2.80. The number of hydrogen-bond donors (Lipinski definition) is 2. The van der Waals surface area contributed by atoms with Crippen molar-refractivity contribution in [3.63, 3.8) is 0 Å². The Hall–Kier alpha value is -0.950. The van der Waals surface area contributed by atoms with Crippen molar-refractivity contribution in [3.8, 4) is 0 Å². The molecular weight excluding hydrogens is 383 g/mol. The van der Waals surface area contributed by atoms with Crippen LogP contribution in [0.4, 0.5) is 0 Å². The minimum atomic E-state index is 0.542. The van der Waals surface area contributed by atoms with E-state index in [1.807, 2.05) is 17.7 Å². The first-order chi connectivity index (χ1) is 13.0. The fourth-order valence-corrected chi connectivity index (χ4v) is 3.65. The minimum Gasteiger partial charge on any atom is -0.357 e. The van der Waals surface area contributed by atoms with Gasteiger partial charge in [0.1, 0.15) is 5.15 Å². The molecule has 2 rings (SSSR count). The molecule has 0 aromatic carbocycles. The van der Waals surface area contributed by atoms with Crippen molar-refractivity contribution in [2.75, 3.05) is 52.4 Å². The Morgan fingerprint density at radius 3 is 2.37 bits per heavy atom. The summed E-state index contributed by atoms with van der Waals surface area (Å²) in [6.07, 6.45) is 2.35. The summed E-state index contributed by atoms with van der Waals surface area (Å²) in [4.78, 5) is 9.74. The summed E-state index contributed by atoms with van der Waals surface area (Å²) in [7, 11) is 1.90. The normalized spacial score (nSPS) is 16.7. The minimum absolute atomic E-state index is 0.542. The summed E-state index contributed by atoms with van der Waals surface area (Å²) in [5, 5.41) is 7.84. The van der Waals surface area contributed by atoms with Gasteiger partial charge in [-0.3, -0.25) is 0 Å². The molecule has 154 valence electrons. The van der Waals surface area contributed by atoms with Gasteiger partial charge in [-0.2, -0.15) is 0 Å². The first-order valence-corrected chi connectivity index (χ1v) is 10.8. The van der Waals surface area contributed by atoms with Crippen molar-refractivity contribution in [2.45, 2.75) is 33.2 Å². The highest BCUT2D eigenvalue weighted by Gasteiger charge is 2.14. The molecule has 27 heavy (non-hydrogen) atoms. The first kappa shape index (κ1) is 22.3. The Labute approximate surface area is 173 Å². The van der Waals surface area contributed by atoms with Gasteiger partial charge in [-0.05, 0) is 38.9 Å². The van der Waals surface area contributed by atoms with Crippen LogP contribution in [0.25, 0.3) is 0 Å². The lowest BCUT2D eigenvalue weighted by Gasteiger charge is -2.34. The van der Waals surface area contributed by atoms with Crippen molar-refractivity contribution in [3.05, 3.63) is 21.9 Å². The van der Waals surface area contributed by atoms with Crippen LogP contribution in [0.2, 0.25) is 10.2 Å². The molecule has 1 aromatic rings. The number of likely N-dealkylation sites (N-methyl/N-ethyl adjacent to an activating group) is 1. The number of piperazine rings is 1. The molecule has 0 spiro atoms. The molecule has 1 saturated heterocycles. The summed E-state index contributed by atoms with van der Waals surface area (Å²) in [6, 6.07) is 1.87. The van der Waals surface area contributed by atoms with Crippen molar-refractivity contribution in [2.24, 2.45) is 12.0 Å². The monoisotopic (exact) mass is 416 g/mol. The van der Waals surface area contributed by atoms with Crippen LogP contribution in [-0.2, 0) is 13.6 Å². The van der Waals surface area contributed by atoms with E-state index in [-0.39, 0.29) is 0 Å². The fraction of sp³-hybridized carbons (Fsp3) is 0.737. The lowest BCUT2D eigenvalue weighted by molar-refractivity contribution is 0.136. The Morgan fingerprint density at radius 2 is 1.78 bits per heavy atom. The van der Waals surface area contributed by atoms with Gasteiger partial charge in [0, 0.05) is 52.0 Å². The zero-order chi connectivity index (χ0) is 19.6.